The molecule has 0 atom stereocenters. The number of rotatable bonds is 6. The summed E-state index contributed by atoms with van der Waals surface area (Å²) in [5, 5.41) is 10.9. The fourth-order valence-corrected chi connectivity index (χ4v) is 3.31. The third-order valence-corrected chi connectivity index (χ3v) is 4.96. The quantitative estimate of drug-likeness (QED) is 0.589. The molecule has 2 aromatic carbocycles. The number of ether oxygens (including phenoxy) is 2. The van der Waals surface area contributed by atoms with Gasteiger partial charge in [0.05, 0.1) is 12.8 Å². The third-order valence-electron chi connectivity index (χ3n) is 4.96. The van der Waals surface area contributed by atoms with E-state index in [4.69, 9.17) is 19.7 Å². The number of hydrogen-bond acceptors (Lipinski definition) is 7. The van der Waals surface area contributed by atoms with Crippen LogP contribution in [0.2, 0.25) is 0 Å². The highest BCUT2D eigenvalue weighted by Gasteiger charge is 2.30. The molecule has 3 aromatic rings. The fourth-order valence-electron chi connectivity index (χ4n) is 3.31. The summed E-state index contributed by atoms with van der Waals surface area (Å²) in [4.78, 5) is 11.4. The van der Waals surface area contributed by atoms with Crippen LogP contribution < -0.4 is 25.8 Å². The van der Waals surface area contributed by atoms with Crippen molar-refractivity contribution in [2.75, 3.05) is 20.2 Å². The van der Waals surface area contributed by atoms with Gasteiger partial charge in [-0.2, -0.15) is 0 Å². The molecule has 1 amide bonds. The lowest BCUT2D eigenvalue weighted by molar-refractivity contribution is 0.0965. The molecule has 0 unspecified atom stereocenters. The lowest BCUT2D eigenvalue weighted by atomic mass is 9.98. The summed E-state index contributed by atoms with van der Waals surface area (Å²) < 4.78 is 16.4. The first-order valence-electron chi connectivity index (χ1n) is 9.22. The molecule has 1 aliphatic heterocycles. The summed E-state index contributed by atoms with van der Waals surface area (Å²) >= 11 is 0. The normalized spacial score (nSPS) is 15.2. The van der Waals surface area contributed by atoms with Crippen molar-refractivity contribution in [2.45, 2.75) is 12.6 Å². The largest absolute Gasteiger partial charge is 0.497 e. The Hall–Kier alpha value is -3.36. The number of methoxy groups -OCH3 is 1. The molecular formula is C21H22N4O4. The van der Waals surface area contributed by atoms with Gasteiger partial charge in [0.1, 0.15) is 22.9 Å². The van der Waals surface area contributed by atoms with Crippen LogP contribution in [0.5, 0.6) is 17.2 Å². The summed E-state index contributed by atoms with van der Waals surface area (Å²) in [6.07, 6.45) is 0. The number of nitrogens with two attached hydrogens (primary N) is 1. The van der Waals surface area contributed by atoms with Crippen LogP contribution in [-0.2, 0) is 5.66 Å². The van der Waals surface area contributed by atoms with Gasteiger partial charge < -0.3 is 19.7 Å². The zero-order chi connectivity index (χ0) is 20.4. The van der Waals surface area contributed by atoms with Crippen LogP contribution in [0.3, 0.4) is 0 Å². The second-order valence-electron chi connectivity index (χ2n) is 6.91. The Morgan fingerprint density at radius 1 is 1.10 bits per heavy atom. The molecule has 150 valence electrons. The van der Waals surface area contributed by atoms with Crippen molar-refractivity contribution in [3.8, 4) is 28.5 Å². The maximum Gasteiger partial charge on any atom is 0.287 e. The van der Waals surface area contributed by atoms with Gasteiger partial charge in [-0.05, 0) is 48.9 Å². The monoisotopic (exact) mass is 394 g/mol. The van der Waals surface area contributed by atoms with E-state index in [0.29, 0.717) is 22.8 Å². The van der Waals surface area contributed by atoms with Gasteiger partial charge >= 0.3 is 0 Å². The van der Waals surface area contributed by atoms with E-state index < -0.39 is 5.91 Å². The Balaban J connectivity index is 1.75. The van der Waals surface area contributed by atoms with Crippen LogP contribution in [0.15, 0.2) is 53.1 Å². The molecule has 0 bridgehead atoms. The number of hydrogen-bond donors (Lipinski definition) is 3. The second kappa shape index (κ2) is 7.57. The number of carbonyl (C=O) groups is 1. The lowest BCUT2D eigenvalue weighted by Crippen LogP contribution is -2.42. The van der Waals surface area contributed by atoms with Crippen molar-refractivity contribution >= 4 is 5.91 Å². The summed E-state index contributed by atoms with van der Waals surface area (Å²) in [7, 11) is 1.61. The average molecular weight is 394 g/mol. The number of nitrogens with zero attached hydrogens (tertiary/aromatic N) is 1. The van der Waals surface area contributed by atoms with E-state index >= 15 is 0 Å². The number of primary amides is 1. The lowest BCUT2D eigenvalue weighted by Gasteiger charge is -2.26. The second-order valence-corrected chi connectivity index (χ2v) is 6.91. The molecule has 0 radical (unpaired) electrons. The van der Waals surface area contributed by atoms with Gasteiger partial charge in [-0.1, -0.05) is 11.2 Å². The van der Waals surface area contributed by atoms with Crippen LogP contribution in [0.4, 0.5) is 0 Å². The number of aromatic nitrogens is 1. The Labute approximate surface area is 168 Å². The topological polar surface area (TPSA) is 112 Å². The minimum atomic E-state index is -0.676. The predicted octanol–water partition coefficient (Wildman–Crippen LogP) is 2.61. The van der Waals surface area contributed by atoms with Crippen molar-refractivity contribution < 1.29 is 18.8 Å². The number of amides is 1. The molecule has 0 aliphatic carbocycles. The number of benzene rings is 2. The SMILES string of the molecule is COc1ccc(Oc2cc(C3(C)NCCN3)ccc2-c2cc(C(N)=O)on2)cc1. The van der Waals surface area contributed by atoms with E-state index in [-0.39, 0.29) is 11.4 Å². The van der Waals surface area contributed by atoms with Gasteiger partial charge in [-0.25, -0.2) is 0 Å². The standard InChI is InChI=1S/C21H22N4O4/c1-21(23-9-10-24-21)13-3-8-16(17-12-19(20(22)26)29-25-17)18(11-13)28-15-6-4-14(27-2)5-7-15/h3-8,11-12,23-24H,9-10H2,1-2H3,(H2,22,26). The van der Waals surface area contributed by atoms with Crippen LogP contribution in [-0.4, -0.2) is 31.3 Å². The molecule has 1 aliphatic rings. The molecule has 0 spiro atoms. The Bertz CT molecular complexity index is 1020. The van der Waals surface area contributed by atoms with Crippen molar-refractivity contribution in [1.29, 1.82) is 0 Å². The van der Waals surface area contributed by atoms with Gasteiger partial charge in [0.25, 0.3) is 5.91 Å². The smallest absolute Gasteiger partial charge is 0.287 e. The van der Waals surface area contributed by atoms with Crippen LogP contribution in [0.25, 0.3) is 11.3 Å². The van der Waals surface area contributed by atoms with Gasteiger partial charge in [0.2, 0.25) is 5.76 Å². The van der Waals surface area contributed by atoms with E-state index in [2.05, 4.69) is 22.7 Å². The molecule has 2 heterocycles. The summed E-state index contributed by atoms with van der Waals surface area (Å²) in [6.45, 7) is 3.82. The Morgan fingerprint density at radius 2 is 1.79 bits per heavy atom. The zero-order valence-electron chi connectivity index (χ0n) is 16.2. The highest BCUT2D eigenvalue weighted by atomic mass is 16.5. The van der Waals surface area contributed by atoms with Crippen LogP contribution >= 0.6 is 0 Å². The van der Waals surface area contributed by atoms with Gasteiger partial charge in [0, 0.05) is 24.7 Å². The molecule has 4 N–H and O–H groups in total. The molecule has 0 saturated carbocycles. The van der Waals surface area contributed by atoms with E-state index in [1.54, 1.807) is 7.11 Å². The predicted molar refractivity (Wildman–Crippen MR) is 107 cm³/mol. The van der Waals surface area contributed by atoms with E-state index in [1.165, 1.54) is 6.07 Å². The molecule has 1 aromatic heterocycles. The van der Waals surface area contributed by atoms with E-state index in [0.717, 1.165) is 24.4 Å². The molecule has 1 saturated heterocycles. The Kier molecular flexibility index (Phi) is 4.96. The highest BCUT2D eigenvalue weighted by molar-refractivity contribution is 5.91. The number of carbonyl (C=O) groups excluding carboxylic acids is 1. The minimum absolute atomic E-state index is 0.00874. The van der Waals surface area contributed by atoms with Crippen molar-refractivity contribution in [3.63, 3.8) is 0 Å². The molecule has 1 fully saturated rings. The van der Waals surface area contributed by atoms with Gasteiger partial charge in [-0.3, -0.25) is 15.4 Å². The zero-order valence-corrected chi connectivity index (χ0v) is 16.2. The maximum atomic E-state index is 11.4. The molecule has 29 heavy (non-hydrogen) atoms. The third kappa shape index (κ3) is 3.80. The highest BCUT2D eigenvalue weighted by Crippen LogP contribution is 2.36. The summed E-state index contributed by atoms with van der Waals surface area (Å²) in [5.74, 6) is 1.27. The van der Waals surface area contributed by atoms with Crippen molar-refractivity contribution in [3.05, 3.63) is 59.9 Å². The maximum absolute atomic E-state index is 11.4. The number of nitrogens with one attached hydrogen (secondary N) is 2. The van der Waals surface area contributed by atoms with Crippen molar-refractivity contribution in [2.24, 2.45) is 5.73 Å². The summed E-state index contributed by atoms with van der Waals surface area (Å²) in [6, 6.07) is 14.6. The van der Waals surface area contributed by atoms with E-state index in [1.807, 2.05) is 42.5 Å². The summed E-state index contributed by atoms with van der Waals surface area (Å²) in [5.41, 5.74) is 7.09. The van der Waals surface area contributed by atoms with Crippen molar-refractivity contribution in [1.82, 2.24) is 15.8 Å². The first-order valence-corrected chi connectivity index (χ1v) is 9.22. The Morgan fingerprint density at radius 3 is 2.41 bits per heavy atom. The molecule has 8 nitrogen and oxygen atoms in total. The molecule has 8 heteroatoms. The van der Waals surface area contributed by atoms with Gasteiger partial charge in [-0.15, -0.1) is 0 Å². The van der Waals surface area contributed by atoms with Gasteiger partial charge in [0.15, 0.2) is 0 Å². The van der Waals surface area contributed by atoms with Crippen LogP contribution in [0.1, 0.15) is 23.0 Å². The first kappa shape index (κ1) is 19.0. The minimum Gasteiger partial charge on any atom is -0.497 e. The fraction of sp³-hybridized carbons (Fsp3) is 0.238. The average Bonchev–Trinajstić information content (AvgIpc) is 3.39. The first-order chi connectivity index (χ1) is 14.0. The van der Waals surface area contributed by atoms with Crippen LogP contribution in [0, 0.1) is 0 Å². The molecular weight excluding hydrogens is 372 g/mol. The van der Waals surface area contributed by atoms with E-state index in [9.17, 15) is 4.79 Å². The molecule has 4 rings (SSSR count).